The Kier molecular flexibility index (Phi) is 7.75. The fourth-order valence-corrected chi connectivity index (χ4v) is 5.64. The van der Waals surface area contributed by atoms with Crippen LogP contribution >= 0.6 is 0 Å². The molecule has 2 heterocycles. The topological polar surface area (TPSA) is 60.6 Å². The summed E-state index contributed by atoms with van der Waals surface area (Å²) in [5.41, 5.74) is 15.5. The largest absolute Gasteiger partial charge is 0.489 e. The second-order valence-corrected chi connectivity index (χ2v) is 10.1. The zero-order valence-electron chi connectivity index (χ0n) is 21.8. The van der Waals surface area contributed by atoms with E-state index in [1.807, 2.05) is 18.3 Å². The highest BCUT2D eigenvalue weighted by Crippen LogP contribution is 2.41. The highest BCUT2D eigenvalue weighted by molar-refractivity contribution is 6.00. The van der Waals surface area contributed by atoms with Gasteiger partial charge in [-0.15, -0.1) is 0 Å². The molecule has 0 bridgehead atoms. The number of pyridine rings is 1. The minimum absolute atomic E-state index is 0.148. The lowest BCUT2D eigenvalue weighted by molar-refractivity contribution is 0.198. The highest BCUT2D eigenvalue weighted by Gasteiger charge is 2.24. The number of aryl methyl sites for hydroxylation is 2. The van der Waals surface area contributed by atoms with Crippen LogP contribution in [0, 0.1) is 6.92 Å². The molecule has 1 aromatic heterocycles. The summed E-state index contributed by atoms with van der Waals surface area (Å²) in [4.78, 5) is 6.82. The third kappa shape index (κ3) is 5.64. The lowest BCUT2D eigenvalue weighted by Crippen LogP contribution is -2.26. The Morgan fingerprint density at radius 3 is 2.68 bits per heavy atom. The molecule has 6 heteroatoms. The molecule has 0 saturated carbocycles. The van der Waals surface area contributed by atoms with Crippen molar-refractivity contribution in [3.63, 3.8) is 0 Å². The average molecular weight is 502 g/mol. The number of rotatable bonds is 8. The molecular weight excluding hydrogens is 465 g/mol. The number of alkyl halides is 1. The third-order valence-corrected chi connectivity index (χ3v) is 7.48. The SMILES string of the molecule is COc1cc(C)c(C2=C(c3ccc(O[C@H]4CCN(CCCF)C4)cc3)c3ccc(N)cc3CCC2)cn1. The van der Waals surface area contributed by atoms with Crippen LogP contribution in [0.3, 0.4) is 0 Å². The van der Waals surface area contributed by atoms with E-state index in [1.165, 1.54) is 22.3 Å². The van der Waals surface area contributed by atoms with Gasteiger partial charge in [-0.05, 0) is 102 Å². The fourth-order valence-electron chi connectivity index (χ4n) is 5.64. The fraction of sp³-hybridized carbons (Fsp3) is 0.387. The molecule has 2 N–H and O–H groups in total. The minimum atomic E-state index is -0.261. The molecule has 1 fully saturated rings. The zero-order chi connectivity index (χ0) is 25.8. The second-order valence-electron chi connectivity index (χ2n) is 10.1. The molecule has 37 heavy (non-hydrogen) atoms. The van der Waals surface area contributed by atoms with Crippen molar-refractivity contribution in [2.24, 2.45) is 0 Å². The number of nitrogens with two attached hydrogens (primary N) is 1. The molecule has 5 nitrogen and oxygen atoms in total. The summed E-state index contributed by atoms with van der Waals surface area (Å²) in [5, 5.41) is 0. The van der Waals surface area contributed by atoms with E-state index in [-0.39, 0.29) is 12.8 Å². The van der Waals surface area contributed by atoms with Crippen LogP contribution in [0.5, 0.6) is 11.6 Å². The van der Waals surface area contributed by atoms with Crippen molar-refractivity contribution in [1.82, 2.24) is 9.88 Å². The number of ether oxygens (including phenoxy) is 2. The first-order valence-electron chi connectivity index (χ1n) is 13.2. The molecule has 194 valence electrons. The van der Waals surface area contributed by atoms with E-state index in [4.69, 9.17) is 15.2 Å². The van der Waals surface area contributed by atoms with E-state index in [0.717, 1.165) is 73.4 Å². The molecule has 1 aliphatic carbocycles. The monoisotopic (exact) mass is 501 g/mol. The first-order valence-corrected chi connectivity index (χ1v) is 13.2. The molecule has 0 amide bonds. The summed E-state index contributed by atoms with van der Waals surface area (Å²) in [5.74, 6) is 1.50. The van der Waals surface area contributed by atoms with Crippen molar-refractivity contribution >= 4 is 16.8 Å². The van der Waals surface area contributed by atoms with Crippen LogP contribution in [0.25, 0.3) is 11.1 Å². The van der Waals surface area contributed by atoms with Gasteiger partial charge in [-0.3, -0.25) is 9.29 Å². The number of anilines is 1. The minimum Gasteiger partial charge on any atom is -0.489 e. The van der Waals surface area contributed by atoms with Gasteiger partial charge in [-0.1, -0.05) is 18.2 Å². The van der Waals surface area contributed by atoms with Crippen LogP contribution in [0.1, 0.15) is 53.5 Å². The number of methoxy groups -OCH3 is 1. The second kappa shape index (κ2) is 11.3. The van der Waals surface area contributed by atoms with Crippen molar-refractivity contribution in [1.29, 1.82) is 0 Å². The predicted molar refractivity (Wildman–Crippen MR) is 148 cm³/mol. The molecular formula is C31H36FN3O2. The summed E-state index contributed by atoms with van der Waals surface area (Å²) in [6.07, 6.45) is 6.64. The van der Waals surface area contributed by atoms with E-state index in [0.29, 0.717) is 12.3 Å². The summed E-state index contributed by atoms with van der Waals surface area (Å²) < 4.78 is 24.2. The number of nitrogens with zero attached hydrogens (tertiary/aromatic N) is 2. The number of allylic oxidation sites excluding steroid dienone is 1. The maximum Gasteiger partial charge on any atom is 0.213 e. The van der Waals surface area contributed by atoms with Crippen LogP contribution < -0.4 is 15.2 Å². The van der Waals surface area contributed by atoms with Crippen LogP contribution in [-0.4, -0.2) is 49.4 Å². The third-order valence-electron chi connectivity index (χ3n) is 7.48. The molecule has 5 rings (SSSR count). The van der Waals surface area contributed by atoms with E-state index >= 15 is 0 Å². The molecule has 0 unspecified atom stereocenters. The quantitative estimate of drug-likeness (QED) is 0.379. The van der Waals surface area contributed by atoms with Crippen molar-refractivity contribution < 1.29 is 13.9 Å². The molecule has 0 spiro atoms. The number of halogens is 1. The molecule has 2 aliphatic rings. The van der Waals surface area contributed by atoms with Gasteiger partial charge < -0.3 is 15.2 Å². The number of likely N-dealkylation sites (tertiary alicyclic amines) is 1. The number of hydrogen-bond donors (Lipinski definition) is 1. The Morgan fingerprint density at radius 1 is 1.08 bits per heavy atom. The number of nitrogen functional groups attached to an aromatic ring is 1. The summed E-state index contributed by atoms with van der Waals surface area (Å²) in [7, 11) is 1.65. The van der Waals surface area contributed by atoms with Gasteiger partial charge in [0.25, 0.3) is 0 Å². The Bertz CT molecular complexity index is 1270. The van der Waals surface area contributed by atoms with E-state index < -0.39 is 0 Å². The molecule has 3 aromatic rings. The lowest BCUT2D eigenvalue weighted by atomic mass is 9.87. The predicted octanol–water partition coefficient (Wildman–Crippen LogP) is 6.09. The van der Waals surface area contributed by atoms with Crippen molar-refractivity contribution in [3.05, 3.63) is 82.5 Å². The Hall–Kier alpha value is -3.38. The number of aromatic nitrogens is 1. The van der Waals surface area contributed by atoms with E-state index in [2.05, 4.69) is 53.2 Å². The Labute approximate surface area is 219 Å². The van der Waals surface area contributed by atoms with Crippen LogP contribution in [0.2, 0.25) is 0 Å². The van der Waals surface area contributed by atoms with Crippen molar-refractivity contribution in [2.75, 3.05) is 39.2 Å². The zero-order valence-corrected chi connectivity index (χ0v) is 21.8. The van der Waals surface area contributed by atoms with Gasteiger partial charge in [0.2, 0.25) is 5.88 Å². The maximum atomic E-state index is 12.5. The number of benzene rings is 2. The molecule has 0 radical (unpaired) electrons. The van der Waals surface area contributed by atoms with Gasteiger partial charge in [0.05, 0.1) is 13.8 Å². The van der Waals surface area contributed by atoms with Gasteiger partial charge in [0.15, 0.2) is 0 Å². The van der Waals surface area contributed by atoms with Crippen LogP contribution in [-0.2, 0) is 6.42 Å². The maximum absolute atomic E-state index is 12.5. The average Bonchev–Trinajstić information content (AvgIpc) is 3.27. The number of fused-ring (bicyclic) bond motifs is 1. The Morgan fingerprint density at radius 2 is 1.92 bits per heavy atom. The van der Waals surface area contributed by atoms with Gasteiger partial charge in [0.1, 0.15) is 11.9 Å². The first kappa shape index (κ1) is 25.3. The Balaban J connectivity index is 1.49. The summed E-state index contributed by atoms with van der Waals surface area (Å²) >= 11 is 0. The smallest absolute Gasteiger partial charge is 0.213 e. The van der Waals surface area contributed by atoms with Gasteiger partial charge in [-0.25, -0.2) is 4.98 Å². The summed E-state index contributed by atoms with van der Waals surface area (Å²) in [6.45, 7) is 4.48. The van der Waals surface area contributed by atoms with E-state index in [1.54, 1.807) is 7.11 Å². The highest BCUT2D eigenvalue weighted by atomic mass is 19.1. The lowest BCUT2D eigenvalue weighted by Gasteiger charge is -2.19. The normalized spacial score (nSPS) is 18.0. The van der Waals surface area contributed by atoms with Gasteiger partial charge in [-0.2, -0.15) is 0 Å². The van der Waals surface area contributed by atoms with Gasteiger partial charge >= 0.3 is 0 Å². The number of hydrogen-bond acceptors (Lipinski definition) is 5. The molecule has 1 saturated heterocycles. The van der Waals surface area contributed by atoms with Gasteiger partial charge in [0, 0.05) is 37.6 Å². The summed E-state index contributed by atoms with van der Waals surface area (Å²) in [6, 6.07) is 16.8. The van der Waals surface area contributed by atoms with Crippen LogP contribution in [0.4, 0.5) is 10.1 Å². The van der Waals surface area contributed by atoms with E-state index in [9.17, 15) is 4.39 Å². The molecule has 2 aromatic carbocycles. The molecule has 1 aliphatic heterocycles. The molecule has 1 atom stereocenters. The van der Waals surface area contributed by atoms with Crippen molar-refractivity contribution in [2.45, 2.75) is 45.1 Å². The first-order chi connectivity index (χ1) is 18.1. The standard InChI is InChI=1S/C31H36FN3O2/c1-21-17-30(36-2)34-19-29(21)28-6-3-5-23-18-24(33)9-12-27(23)31(28)22-7-10-25(11-8-22)37-26-13-16-35(20-26)15-4-14-32/h7-12,17-19,26H,3-6,13-16,20,33H2,1-2H3/t26-/m0/s1. The van der Waals surface area contributed by atoms with Crippen molar-refractivity contribution in [3.8, 4) is 11.6 Å². The van der Waals surface area contributed by atoms with Crippen LogP contribution in [0.15, 0.2) is 54.7 Å².